The van der Waals surface area contributed by atoms with Crippen LogP contribution in [0.25, 0.3) is 0 Å². The molecule has 0 fully saturated rings. The van der Waals surface area contributed by atoms with Gasteiger partial charge in [-0.05, 0) is 35.9 Å². The number of nitrogens with one attached hydrogen (secondary N) is 1. The van der Waals surface area contributed by atoms with Crippen LogP contribution in [0.5, 0.6) is 17.2 Å². The molecule has 0 aliphatic carbocycles. The molecule has 4 rings (SSSR count). The Kier molecular flexibility index (Phi) is 4.16. The summed E-state index contributed by atoms with van der Waals surface area (Å²) in [7, 11) is 1.94. The minimum Gasteiger partial charge on any atom is -0.489 e. The van der Waals surface area contributed by atoms with Crippen molar-refractivity contribution in [3.63, 3.8) is 0 Å². The summed E-state index contributed by atoms with van der Waals surface area (Å²) >= 11 is 0. The molecular formula is C19H19N3O3. The van der Waals surface area contributed by atoms with Crippen molar-refractivity contribution < 1.29 is 14.2 Å². The van der Waals surface area contributed by atoms with Crippen LogP contribution < -0.4 is 19.5 Å². The number of benzene rings is 2. The lowest BCUT2D eigenvalue weighted by Crippen LogP contribution is -2.05. The first-order valence-corrected chi connectivity index (χ1v) is 8.10. The van der Waals surface area contributed by atoms with E-state index in [0.717, 1.165) is 40.7 Å². The Labute approximate surface area is 145 Å². The predicted octanol–water partition coefficient (Wildman–Crippen LogP) is 3.34. The van der Waals surface area contributed by atoms with Gasteiger partial charge < -0.3 is 19.5 Å². The van der Waals surface area contributed by atoms with E-state index in [4.69, 9.17) is 14.2 Å². The van der Waals surface area contributed by atoms with Crippen molar-refractivity contribution >= 4 is 5.69 Å². The molecule has 2 heterocycles. The monoisotopic (exact) mass is 337 g/mol. The molecule has 1 aromatic heterocycles. The summed E-state index contributed by atoms with van der Waals surface area (Å²) in [5.74, 6) is 2.25. The smallest absolute Gasteiger partial charge is 0.231 e. The normalized spacial score (nSPS) is 12.2. The molecule has 3 aromatic rings. The second-order valence-corrected chi connectivity index (χ2v) is 5.80. The third kappa shape index (κ3) is 3.52. The summed E-state index contributed by atoms with van der Waals surface area (Å²) in [6, 6.07) is 15.8. The molecule has 0 saturated heterocycles. The number of anilines is 1. The van der Waals surface area contributed by atoms with Crippen LogP contribution in [0.1, 0.15) is 11.3 Å². The fourth-order valence-corrected chi connectivity index (χ4v) is 2.67. The zero-order valence-electron chi connectivity index (χ0n) is 13.9. The van der Waals surface area contributed by atoms with Gasteiger partial charge in [0.1, 0.15) is 12.4 Å². The fourth-order valence-electron chi connectivity index (χ4n) is 2.67. The highest BCUT2D eigenvalue weighted by Crippen LogP contribution is 2.35. The van der Waals surface area contributed by atoms with E-state index in [1.165, 1.54) is 0 Å². The molecule has 0 unspecified atom stereocenters. The summed E-state index contributed by atoms with van der Waals surface area (Å²) in [5, 5.41) is 7.58. The van der Waals surface area contributed by atoms with Crippen LogP contribution in [0.3, 0.4) is 0 Å². The van der Waals surface area contributed by atoms with Crippen molar-refractivity contribution in [3.8, 4) is 17.2 Å². The number of hydrogen-bond acceptors (Lipinski definition) is 5. The average molecular weight is 337 g/mol. The molecule has 0 spiro atoms. The highest BCUT2D eigenvalue weighted by atomic mass is 16.7. The van der Waals surface area contributed by atoms with E-state index in [0.29, 0.717) is 6.61 Å². The largest absolute Gasteiger partial charge is 0.489 e. The van der Waals surface area contributed by atoms with Gasteiger partial charge in [-0.15, -0.1) is 0 Å². The summed E-state index contributed by atoms with van der Waals surface area (Å²) in [5.41, 5.74) is 3.27. The number of aromatic nitrogens is 2. The number of rotatable bonds is 6. The summed E-state index contributed by atoms with van der Waals surface area (Å²) in [6.45, 7) is 1.48. The molecule has 25 heavy (non-hydrogen) atoms. The first-order valence-electron chi connectivity index (χ1n) is 8.10. The third-order valence-corrected chi connectivity index (χ3v) is 4.07. The Morgan fingerprint density at radius 3 is 2.92 bits per heavy atom. The number of ether oxygens (including phenoxy) is 3. The van der Waals surface area contributed by atoms with E-state index in [-0.39, 0.29) is 6.79 Å². The molecule has 6 heteroatoms. The average Bonchev–Trinajstić information content (AvgIpc) is 3.26. The molecule has 0 atom stereocenters. The van der Waals surface area contributed by atoms with Gasteiger partial charge in [-0.25, -0.2) is 0 Å². The van der Waals surface area contributed by atoms with Gasteiger partial charge >= 0.3 is 0 Å². The van der Waals surface area contributed by atoms with Gasteiger partial charge in [0.25, 0.3) is 0 Å². The summed E-state index contributed by atoms with van der Waals surface area (Å²) in [6.07, 6.45) is 1.80. The Morgan fingerprint density at radius 1 is 1.12 bits per heavy atom. The standard InChI is InChI=1S/C19H19N3O3/c1-22-16(7-8-21-22)11-20-15-4-2-3-14(9-15)12-23-17-5-6-18-19(10-17)25-13-24-18/h2-10,20H,11-13H2,1H3. The van der Waals surface area contributed by atoms with Gasteiger partial charge in [0.15, 0.2) is 11.5 Å². The Morgan fingerprint density at radius 2 is 2.04 bits per heavy atom. The molecule has 0 amide bonds. The minimum atomic E-state index is 0.267. The lowest BCUT2D eigenvalue weighted by Gasteiger charge is -2.10. The van der Waals surface area contributed by atoms with Crippen molar-refractivity contribution in [3.05, 3.63) is 66.0 Å². The molecule has 1 aliphatic heterocycles. The quantitative estimate of drug-likeness (QED) is 0.748. The number of nitrogens with zero attached hydrogens (tertiary/aromatic N) is 2. The molecule has 128 valence electrons. The third-order valence-electron chi connectivity index (χ3n) is 4.07. The summed E-state index contributed by atoms with van der Waals surface area (Å²) < 4.78 is 18.4. The first kappa shape index (κ1) is 15.4. The van der Waals surface area contributed by atoms with Crippen molar-refractivity contribution in [2.24, 2.45) is 7.05 Å². The van der Waals surface area contributed by atoms with E-state index in [2.05, 4.69) is 16.5 Å². The van der Waals surface area contributed by atoms with Crippen LogP contribution in [0, 0.1) is 0 Å². The van der Waals surface area contributed by atoms with Crippen molar-refractivity contribution in [1.82, 2.24) is 9.78 Å². The van der Waals surface area contributed by atoms with E-state index in [1.54, 1.807) is 6.20 Å². The highest BCUT2D eigenvalue weighted by Gasteiger charge is 2.13. The minimum absolute atomic E-state index is 0.267. The fraction of sp³-hybridized carbons (Fsp3) is 0.211. The van der Waals surface area contributed by atoms with Gasteiger partial charge in [0, 0.05) is 25.0 Å². The Hall–Kier alpha value is -3.15. The van der Waals surface area contributed by atoms with Crippen LogP contribution in [0.15, 0.2) is 54.7 Å². The van der Waals surface area contributed by atoms with E-state index < -0.39 is 0 Å². The van der Waals surface area contributed by atoms with Crippen LogP contribution >= 0.6 is 0 Å². The van der Waals surface area contributed by atoms with Crippen molar-refractivity contribution in [1.29, 1.82) is 0 Å². The van der Waals surface area contributed by atoms with E-state index in [9.17, 15) is 0 Å². The van der Waals surface area contributed by atoms with Gasteiger partial charge in [-0.3, -0.25) is 4.68 Å². The highest BCUT2D eigenvalue weighted by molar-refractivity contribution is 5.48. The lowest BCUT2D eigenvalue weighted by atomic mass is 10.2. The van der Waals surface area contributed by atoms with Gasteiger partial charge in [0.2, 0.25) is 6.79 Å². The molecule has 6 nitrogen and oxygen atoms in total. The molecule has 0 bridgehead atoms. The second-order valence-electron chi connectivity index (χ2n) is 5.80. The predicted molar refractivity (Wildman–Crippen MR) is 93.9 cm³/mol. The van der Waals surface area contributed by atoms with Crippen LogP contribution in [-0.4, -0.2) is 16.6 Å². The first-order chi connectivity index (χ1) is 12.3. The van der Waals surface area contributed by atoms with Gasteiger partial charge in [-0.1, -0.05) is 12.1 Å². The van der Waals surface area contributed by atoms with Gasteiger partial charge in [0.05, 0.1) is 12.2 Å². The van der Waals surface area contributed by atoms with Crippen LogP contribution in [-0.2, 0) is 20.2 Å². The number of hydrogen-bond donors (Lipinski definition) is 1. The maximum absolute atomic E-state index is 5.86. The molecule has 0 radical (unpaired) electrons. The van der Waals surface area contributed by atoms with E-state index in [1.807, 2.05) is 54.2 Å². The molecular weight excluding hydrogens is 318 g/mol. The lowest BCUT2D eigenvalue weighted by molar-refractivity contribution is 0.173. The molecule has 1 N–H and O–H groups in total. The van der Waals surface area contributed by atoms with Crippen LogP contribution in [0.2, 0.25) is 0 Å². The number of aryl methyl sites for hydroxylation is 1. The number of fused-ring (bicyclic) bond motifs is 1. The Bertz CT molecular complexity index is 876. The zero-order valence-corrected chi connectivity index (χ0v) is 13.9. The zero-order chi connectivity index (χ0) is 17.1. The summed E-state index contributed by atoms with van der Waals surface area (Å²) in [4.78, 5) is 0. The molecule has 1 aliphatic rings. The Balaban J connectivity index is 1.37. The van der Waals surface area contributed by atoms with Crippen molar-refractivity contribution in [2.75, 3.05) is 12.1 Å². The molecule has 2 aromatic carbocycles. The maximum Gasteiger partial charge on any atom is 0.231 e. The maximum atomic E-state index is 5.86. The van der Waals surface area contributed by atoms with Gasteiger partial charge in [-0.2, -0.15) is 5.10 Å². The SMILES string of the molecule is Cn1nccc1CNc1cccc(COc2ccc3c(c2)OCO3)c1. The van der Waals surface area contributed by atoms with E-state index >= 15 is 0 Å². The van der Waals surface area contributed by atoms with Crippen LogP contribution in [0.4, 0.5) is 5.69 Å². The van der Waals surface area contributed by atoms with Crippen molar-refractivity contribution in [2.45, 2.75) is 13.2 Å². The second kappa shape index (κ2) is 6.76. The topological polar surface area (TPSA) is 57.5 Å². The molecule has 0 saturated carbocycles.